The lowest BCUT2D eigenvalue weighted by Crippen LogP contribution is -2.41. The van der Waals surface area contributed by atoms with Gasteiger partial charge >= 0.3 is 0 Å². The van der Waals surface area contributed by atoms with Crippen molar-refractivity contribution in [3.05, 3.63) is 40.3 Å². The number of carbonyl (C=O) groups excluding carboxylic acids is 1. The van der Waals surface area contributed by atoms with Crippen molar-refractivity contribution >= 4 is 27.5 Å². The fourth-order valence-electron chi connectivity index (χ4n) is 3.29. The van der Waals surface area contributed by atoms with Crippen LogP contribution in [0.15, 0.2) is 29.1 Å². The van der Waals surface area contributed by atoms with Crippen LogP contribution in [0.4, 0.5) is 0 Å². The van der Waals surface area contributed by atoms with E-state index in [2.05, 4.69) is 15.5 Å². The average Bonchev–Trinajstić information content (AvgIpc) is 2.61. The Bertz CT molecular complexity index is 833. The molecule has 128 valence electrons. The maximum absolute atomic E-state index is 12.6. The van der Waals surface area contributed by atoms with E-state index in [0.29, 0.717) is 16.5 Å². The van der Waals surface area contributed by atoms with Crippen molar-refractivity contribution in [3.8, 4) is 0 Å². The van der Waals surface area contributed by atoms with Gasteiger partial charge in [-0.1, -0.05) is 31.5 Å². The summed E-state index contributed by atoms with van der Waals surface area (Å²) >= 11 is 0. The molecule has 1 aliphatic carbocycles. The lowest BCUT2D eigenvalue weighted by Gasteiger charge is -2.29. The first-order chi connectivity index (χ1) is 11.6. The summed E-state index contributed by atoms with van der Waals surface area (Å²) in [6, 6.07) is 6.93. The molecule has 7 heteroatoms. The number of amides is 1. The van der Waals surface area contributed by atoms with Crippen LogP contribution in [0.1, 0.15) is 43.1 Å². The van der Waals surface area contributed by atoms with Crippen molar-refractivity contribution in [2.24, 2.45) is 0 Å². The minimum atomic E-state index is -0.833. The number of nitrogens with one attached hydrogen (secondary N) is 2. The molecule has 1 aliphatic rings. The van der Waals surface area contributed by atoms with E-state index in [4.69, 9.17) is 0 Å². The van der Waals surface area contributed by atoms with Crippen molar-refractivity contribution in [1.82, 2.24) is 15.5 Å². The Hall–Kier alpha value is -2.02. The van der Waals surface area contributed by atoms with Gasteiger partial charge in [-0.25, -0.2) is 5.10 Å². The molecular weight excluding hydrogens is 326 g/mol. The third kappa shape index (κ3) is 3.40. The van der Waals surface area contributed by atoms with Crippen molar-refractivity contribution in [2.75, 3.05) is 5.75 Å². The quantitative estimate of drug-likeness (QED) is 0.881. The van der Waals surface area contributed by atoms with Crippen LogP contribution in [0.3, 0.4) is 0 Å². The molecule has 1 aromatic carbocycles. The molecule has 1 heterocycles. The number of benzene rings is 1. The Balaban J connectivity index is 1.79. The van der Waals surface area contributed by atoms with Crippen LogP contribution in [0, 0.1) is 0 Å². The molecule has 1 saturated carbocycles. The highest BCUT2D eigenvalue weighted by Crippen LogP contribution is 2.23. The summed E-state index contributed by atoms with van der Waals surface area (Å²) in [5.74, 6) is 0.354. The van der Waals surface area contributed by atoms with Crippen LogP contribution in [0.25, 0.3) is 10.8 Å². The second kappa shape index (κ2) is 7.25. The third-order valence-corrected chi connectivity index (χ3v) is 6.27. The van der Waals surface area contributed by atoms with Gasteiger partial charge in [-0.05, 0) is 25.3 Å². The molecule has 0 aliphatic heterocycles. The molecule has 0 spiro atoms. The van der Waals surface area contributed by atoms with E-state index in [-0.39, 0.29) is 28.5 Å². The molecule has 3 unspecified atom stereocenters. The molecule has 1 aromatic heterocycles. The average molecular weight is 347 g/mol. The van der Waals surface area contributed by atoms with Crippen molar-refractivity contribution < 1.29 is 9.00 Å². The zero-order valence-corrected chi connectivity index (χ0v) is 14.4. The third-order valence-electron chi connectivity index (χ3n) is 4.53. The summed E-state index contributed by atoms with van der Waals surface area (Å²) in [6.07, 6.45) is 3.52. The van der Waals surface area contributed by atoms with Crippen LogP contribution < -0.4 is 10.9 Å². The molecule has 0 saturated heterocycles. The van der Waals surface area contributed by atoms with E-state index in [1.807, 2.05) is 6.92 Å². The summed E-state index contributed by atoms with van der Waals surface area (Å²) < 4.78 is 12.0. The highest BCUT2D eigenvalue weighted by Gasteiger charge is 2.27. The normalized spacial score (nSPS) is 22.2. The largest absolute Gasteiger partial charge is 0.348 e. The van der Waals surface area contributed by atoms with Crippen molar-refractivity contribution in [2.45, 2.75) is 43.9 Å². The van der Waals surface area contributed by atoms with Gasteiger partial charge in [0.2, 0.25) is 0 Å². The van der Waals surface area contributed by atoms with Gasteiger partial charge in [0.25, 0.3) is 11.5 Å². The molecule has 0 bridgehead atoms. The predicted octanol–water partition coefficient (Wildman–Crippen LogP) is 1.73. The van der Waals surface area contributed by atoms with E-state index in [1.54, 1.807) is 24.3 Å². The number of fused-ring (bicyclic) bond motifs is 1. The van der Waals surface area contributed by atoms with Gasteiger partial charge in [0.1, 0.15) is 0 Å². The number of hydrogen-bond donors (Lipinski definition) is 2. The minimum Gasteiger partial charge on any atom is -0.348 e. The molecule has 24 heavy (non-hydrogen) atoms. The fraction of sp³-hybridized carbons (Fsp3) is 0.471. The zero-order chi connectivity index (χ0) is 17.1. The Kier molecular flexibility index (Phi) is 5.08. The first-order valence-electron chi connectivity index (χ1n) is 8.25. The van der Waals surface area contributed by atoms with Gasteiger partial charge in [-0.15, -0.1) is 0 Å². The van der Waals surface area contributed by atoms with E-state index in [9.17, 15) is 13.8 Å². The number of aromatic amines is 1. The van der Waals surface area contributed by atoms with Gasteiger partial charge in [-0.3, -0.25) is 13.8 Å². The van der Waals surface area contributed by atoms with Crippen molar-refractivity contribution in [1.29, 1.82) is 0 Å². The van der Waals surface area contributed by atoms with E-state index >= 15 is 0 Å². The Labute approximate surface area is 142 Å². The summed E-state index contributed by atoms with van der Waals surface area (Å²) in [5, 5.41) is 10.5. The molecule has 1 fully saturated rings. The van der Waals surface area contributed by atoms with Crippen molar-refractivity contribution in [3.63, 3.8) is 0 Å². The van der Waals surface area contributed by atoms with E-state index in [1.165, 1.54) is 0 Å². The Morgan fingerprint density at radius 2 is 2.08 bits per heavy atom. The highest BCUT2D eigenvalue weighted by atomic mass is 32.2. The highest BCUT2D eigenvalue weighted by molar-refractivity contribution is 7.85. The number of H-pyrrole nitrogens is 1. The van der Waals surface area contributed by atoms with Gasteiger partial charge in [0, 0.05) is 33.2 Å². The number of carbonyl (C=O) groups is 1. The first kappa shape index (κ1) is 16.8. The number of rotatable bonds is 4. The smallest absolute Gasteiger partial charge is 0.272 e. The predicted molar refractivity (Wildman–Crippen MR) is 94.6 cm³/mol. The number of aromatic nitrogens is 2. The molecular formula is C17H21N3O3S. The van der Waals surface area contributed by atoms with Crippen LogP contribution >= 0.6 is 0 Å². The number of hydrogen-bond acceptors (Lipinski definition) is 4. The van der Waals surface area contributed by atoms with Gasteiger partial charge in [0.15, 0.2) is 5.69 Å². The molecule has 0 radical (unpaired) electrons. The Morgan fingerprint density at radius 1 is 1.33 bits per heavy atom. The fourth-order valence-corrected chi connectivity index (χ4v) is 4.64. The molecule has 1 amide bonds. The number of nitrogens with zero attached hydrogens (tertiary/aromatic N) is 1. The molecule has 3 atom stereocenters. The minimum absolute atomic E-state index is 0.000703. The summed E-state index contributed by atoms with van der Waals surface area (Å²) in [5.41, 5.74) is -0.0813. The van der Waals surface area contributed by atoms with Crippen LogP contribution in [0.2, 0.25) is 0 Å². The molecule has 2 aromatic rings. The molecule has 2 N–H and O–H groups in total. The maximum Gasteiger partial charge on any atom is 0.272 e. The zero-order valence-electron chi connectivity index (χ0n) is 13.6. The SMILES string of the molecule is CCS(=O)C1CCCC(NC(=O)c2n[nH]c(=O)c3ccccc23)C1. The standard InChI is InChI=1S/C17H21N3O3S/c1-2-24(23)12-7-5-6-11(10-12)18-17(22)15-13-8-3-4-9-14(13)16(21)20-19-15/h3-4,8-9,11-12H,2,5-7,10H2,1H3,(H,18,22)(H,20,21). The lowest BCUT2D eigenvalue weighted by atomic mass is 9.94. The summed E-state index contributed by atoms with van der Waals surface area (Å²) in [6.45, 7) is 1.93. The summed E-state index contributed by atoms with van der Waals surface area (Å²) in [7, 11) is -0.833. The monoisotopic (exact) mass is 347 g/mol. The van der Waals surface area contributed by atoms with Crippen LogP contribution in [-0.4, -0.2) is 37.4 Å². The van der Waals surface area contributed by atoms with E-state index < -0.39 is 10.8 Å². The second-order valence-corrected chi connectivity index (χ2v) is 8.08. The second-order valence-electron chi connectivity index (χ2n) is 6.08. The van der Waals surface area contributed by atoms with Crippen LogP contribution in [0.5, 0.6) is 0 Å². The maximum atomic E-state index is 12.6. The lowest BCUT2D eigenvalue weighted by molar-refractivity contribution is 0.0924. The van der Waals surface area contributed by atoms with Gasteiger partial charge in [-0.2, -0.15) is 5.10 Å². The van der Waals surface area contributed by atoms with Gasteiger partial charge in [0.05, 0.1) is 5.39 Å². The van der Waals surface area contributed by atoms with Gasteiger partial charge < -0.3 is 5.32 Å². The summed E-state index contributed by atoms with van der Waals surface area (Å²) in [4.78, 5) is 24.4. The molecule has 3 rings (SSSR count). The first-order valence-corrected chi connectivity index (χ1v) is 9.63. The Morgan fingerprint density at radius 3 is 2.83 bits per heavy atom. The van der Waals surface area contributed by atoms with E-state index in [0.717, 1.165) is 25.7 Å². The molecule has 6 nitrogen and oxygen atoms in total. The topological polar surface area (TPSA) is 91.9 Å². The van der Waals surface area contributed by atoms with Crippen LogP contribution in [-0.2, 0) is 10.8 Å².